The number of H-pyrrole nitrogens is 1. The zero-order valence-corrected chi connectivity index (χ0v) is 10.2. The van der Waals surface area contributed by atoms with Crippen molar-refractivity contribution >= 4 is 12.0 Å². The van der Waals surface area contributed by atoms with Crippen molar-refractivity contribution in [3.05, 3.63) is 23.5 Å². The zero-order chi connectivity index (χ0) is 12.6. The molecule has 2 amide bonds. The fourth-order valence-electron chi connectivity index (χ4n) is 1.77. The van der Waals surface area contributed by atoms with Crippen molar-refractivity contribution in [2.24, 2.45) is 0 Å². The summed E-state index contributed by atoms with van der Waals surface area (Å²) < 4.78 is 5.20. The fraction of sp³-hybridized carbons (Fsp3) is 0.500. The number of rotatable bonds is 0. The summed E-state index contributed by atoms with van der Waals surface area (Å²) in [7, 11) is 0. The Labute approximate surface area is 99.8 Å². The monoisotopic (exact) mass is 236 g/mol. The Morgan fingerprint density at radius 1 is 1.41 bits per heavy atom. The van der Waals surface area contributed by atoms with Gasteiger partial charge < -0.3 is 9.72 Å². The van der Waals surface area contributed by atoms with E-state index in [0.717, 1.165) is 10.5 Å². The molecule has 0 unspecified atom stereocenters. The molecule has 1 N–H and O–H groups in total. The number of nitrogens with zero attached hydrogens (tertiary/aromatic N) is 1. The molecule has 5 nitrogen and oxygen atoms in total. The topological polar surface area (TPSA) is 62.4 Å². The van der Waals surface area contributed by atoms with Crippen LogP contribution in [-0.2, 0) is 11.2 Å². The van der Waals surface area contributed by atoms with Gasteiger partial charge in [0.15, 0.2) is 0 Å². The molecule has 0 bridgehead atoms. The lowest BCUT2D eigenvalue weighted by atomic mass is 10.1. The number of fused-ring (bicyclic) bond motifs is 1. The SMILES string of the molecule is CC(C)(C)OC(=O)N1CCc2c[nH]cc2C1=O. The van der Waals surface area contributed by atoms with Crippen molar-refractivity contribution in [3.8, 4) is 0 Å². The molecule has 1 aromatic heterocycles. The van der Waals surface area contributed by atoms with E-state index in [-0.39, 0.29) is 5.91 Å². The average Bonchev–Trinajstić information content (AvgIpc) is 2.63. The molecule has 2 heterocycles. The third-order valence-corrected chi connectivity index (χ3v) is 2.53. The lowest BCUT2D eigenvalue weighted by Crippen LogP contribution is -2.44. The van der Waals surface area contributed by atoms with Gasteiger partial charge in [-0.3, -0.25) is 4.79 Å². The van der Waals surface area contributed by atoms with Crippen molar-refractivity contribution in [2.45, 2.75) is 32.8 Å². The number of aromatic nitrogens is 1. The molecule has 1 aliphatic rings. The van der Waals surface area contributed by atoms with Gasteiger partial charge in [-0.2, -0.15) is 0 Å². The first-order valence-electron chi connectivity index (χ1n) is 5.59. The zero-order valence-electron chi connectivity index (χ0n) is 10.2. The third kappa shape index (κ3) is 2.33. The number of ether oxygens (including phenoxy) is 1. The molecule has 0 aliphatic carbocycles. The molecule has 1 aliphatic heterocycles. The molecule has 0 saturated carbocycles. The summed E-state index contributed by atoms with van der Waals surface area (Å²) in [5, 5.41) is 0. The summed E-state index contributed by atoms with van der Waals surface area (Å²) in [5.74, 6) is -0.290. The van der Waals surface area contributed by atoms with Crippen molar-refractivity contribution in [1.82, 2.24) is 9.88 Å². The first-order chi connectivity index (χ1) is 7.88. The van der Waals surface area contributed by atoms with Gasteiger partial charge in [0.25, 0.3) is 5.91 Å². The summed E-state index contributed by atoms with van der Waals surface area (Å²) in [5.41, 5.74) is 0.924. The lowest BCUT2D eigenvalue weighted by Gasteiger charge is -2.28. The summed E-state index contributed by atoms with van der Waals surface area (Å²) >= 11 is 0. The largest absolute Gasteiger partial charge is 0.443 e. The van der Waals surface area contributed by atoms with E-state index in [4.69, 9.17) is 4.74 Å². The van der Waals surface area contributed by atoms with Crippen molar-refractivity contribution in [2.75, 3.05) is 6.54 Å². The maximum atomic E-state index is 12.0. The minimum atomic E-state index is -0.588. The molecule has 1 aromatic rings. The Balaban J connectivity index is 2.15. The van der Waals surface area contributed by atoms with E-state index in [9.17, 15) is 9.59 Å². The minimum absolute atomic E-state index is 0.290. The van der Waals surface area contributed by atoms with E-state index in [1.54, 1.807) is 33.2 Å². The number of hydrogen-bond donors (Lipinski definition) is 1. The van der Waals surface area contributed by atoms with Crippen LogP contribution < -0.4 is 0 Å². The van der Waals surface area contributed by atoms with Gasteiger partial charge in [-0.15, -0.1) is 0 Å². The van der Waals surface area contributed by atoms with Gasteiger partial charge in [0, 0.05) is 18.9 Å². The van der Waals surface area contributed by atoms with Crippen molar-refractivity contribution in [1.29, 1.82) is 0 Å². The fourth-order valence-corrected chi connectivity index (χ4v) is 1.77. The van der Waals surface area contributed by atoms with E-state index < -0.39 is 11.7 Å². The molecule has 0 fully saturated rings. The van der Waals surface area contributed by atoms with Crippen LogP contribution in [0.5, 0.6) is 0 Å². The van der Waals surface area contributed by atoms with Crippen LogP contribution in [-0.4, -0.2) is 34.0 Å². The van der Waals surface area contributed by atoms with E-state index >= 15 is 0 Å². The highest BCUT2D eigenvalue weighted by molar-refractivity contribution is 6.04. The highest BCUT2D eigenvalue weighted by Gasteiger charge is 2.32. The molecule has 5 heteroatoms. The molecular weight excluding hydrogens is 220 g/mol. The molecule has 0 saturated heterocycles. The quantitative estimate of drug-likeness (QED) is 0.748. The molecule has 2 rings (SSSR count). The number of imide groups is 1. The average molecular weight is 236 g/mol. The van der Waals surface area contributed by atoms with Gasteiger partial charge in [0.1, 0.15) is 5.60 Å². The summed E-state index contributed by atoms with van der Waals surface area (Å²) in [6.45, 7) is 5.71. The number of amides is 2. The predicted molar refractivity (Wildman–Crippen MR) is 61.8 cm³/mol. The molecule has 0 radical (unpaired) electrons. The summed E-state index contributed by atoms with van der Waals surface area (Å²) in [6.07, 6.45) is 3.51. The first-order valence-corrected chi connectivity index (χ1v) is 5.59. The van der Waals surface area contributed by atoms with Crippen molar-refractivity contribution in [3.63, 3.8) is 0 Å². The Bertz CT molecular complexity index is 457. The van der Waals surface area contributed by atoms with Crippen LogP contribution in [0.15, 0.2) is 12.4 Å². The van der Waals surface area contributed by atoms with Crippen LogP contribution in [0.1, 0.15) is 36.7 Å². The van der Waals surface area contributed by atoms with Crippen LogP contribution in [0, 0.1) is 0 Å². The van der Waals surface area contributed by atoms with E-state index in [2.05, 4.69) is 4.98 Å². The van der Waals surface area contributed by atoms with E-state index in [1.165, 1.54) is 0 Å². The van der Waals surface area contributed by atoms with Gasteiger partial charge in [-0.05, 0) is 32.8 Å². The van der Waals surface area contributed by atoms with Crippen LogP contribution in [0.4, 0.5) is 4.79 Å². The second-order valence-corrected chi connectivity index (χ2v) is 5.08. The molecule has 0 atom stereocenters. The van der Waals surface area contributed by atoms with Crippen LogP contribution >= 0.6 is 0 Å². The maximum absolute atomic E-state index is 12.0. The number of carbonyl (C=O) groups is 2. The molecular formula is C12H16N2O3. The maximum Gasteiger partial charge on any atom is 0.417 e. The van der Waals surface area contributed by atoms with Gasteiger partial charge in [-0.1, -0.05) is 0 Å². The molecule has 0 spiro atoms. The minimum Gasteiger partial charge on any atom is -0.443 e. The van der Waals surface area contributed by atoms with Crippen LogP contribution in [0.25, 0.3) is 0 Å². The Hall–Kier alpha value is -1.78. The van der Waals surface area contributed by atoms with E-state index in [1.807, 2.05) is 0 Å². The van der Waals surface area contributed by atoms with E-state index in [0.29, 0.717) is 18.5 Å². The second kappa shape index (κ2) is 3.91. The normalized spacial score (nSPS) is 15.7. The highest BCUT2D eigenvalue weighted by Crippen LogP contribution is 2.20. The van der Waals surface area contributed by atoms with Crippen LogP contribution in [0.3, 0.4) is 0 Å². The van der Waals surface area contributed by atoms with Crippen LogP contribution in [0.2, 0.25) is 0 Å². The Kier molecular flexibility index (Phi) is 2.69. The summed E-state index contributed by atoms with van der Waals surface area (Å²) in [4.78, 5) is 27.9. The number of hydrogen-bond acceptors (Lipinski definition) is 3. The smallest absolute Gasteiger partial charge is 0.417 e. The first kappa shape index (κ1) is 11.7. The number of nitrogens with one attached hydrogen (secondary N) is 1. The van der Waals surface area contributed by atoms with Crippen molar-refractivity contribution < 1.29 is 14.3 Å². The Morgan fingerprint density at radius 2 is 2.12 bits per heavy atom. The third-order valence-electron chi connectivity index (χ3n) is 2.53. The lowest BCUT2D eigenvalue weighted by molar-refractivity contribution is 0.0234. The van der Waals surface area contributed by atoms with Gasteiger partial charge in [-0.25, -0.2) is 9.69 Å². The summed E-state index contributed by atoms with van der Waals surface area (Å²) in [6, 6.07) is 0. The Morgan fingerprint density at radius 3 is 2.76 bits per heavy atom. The number of carbonyl (C=O) groups excluding carboxylic acids is 2. The highest BCUT2D eigenvalue weighted by atomic mass is 16.6. The van der Waals surface area contributed by atoms with Gasteiger partial charge in [0.05, 0.1) is 5.56 Å². The predicted octanol–water partition coefficient (Wildman–Crippen LogP) is 1.95. The molecule has 0 aromatic carbocycles. The van der Waals surface area contributed by atoms with Gasteiger partial charge in [0.2, 0.25) is 0 Å². The van der Waals surface area contributed by atoms with Gasteiger partial charge >= 0.3 is 6.09 Å². The standard InChI is InChI=1S/C12H16N2O3/c1-12(2,3)17-11(16)14-5-4-8-6-13-7-9(8)10(14)15/h6-7,13H,4-5H2,1-3H3. The molecule has 17 heavy (non-hydrogen) atoms. The second-order valence-electron chi connectivity index (χ2n) is 5.08. The molecule has 92 valence electrons. The number of aromatic amines is 1.